The Bertz CT molecular complexity index is 491. The van der Waals surface area contributed by atoms with Crippen LogP contribution in [0, 0.1) is 0 Å². The Balaban J connectivity index is 2.22. The molecular weight excluding hydrogens is 212 g/mol. The summed E-state index contributed by atoms with van der Waals surface area (Å²) < 4.78 is 10.9. The Morgan fingerprint density at radius 3 is 2.35 bits per heavy atom. The molecule has 2 rings (SSSR count). The van der Waals surface area contributed by atoms with Crippen LogP contribution in [0.15, 0.2) is 36.4 Å². The lowest BCUT2D eigenvalue weighted by Gasteiger charge is -2.07. The number of unbranched alkanes of at least 4 members (excludes halogenated alkanes) is 1. The van der Waals surface area contributed by atoms with Gasteiger partial charge in [-0.1, -0.05) is 25.5 Å². The molecule has 0 aliphatic rings. The lowest BCUT2D eigenvalue weighted by atomic mass is 10.1. The summed E-state index contributed by atoms with van der Waals surface area (Å²) in [6, 6.07) is 12.2. The van der Waals surface area contributed by atoms with Gasteiger partial charge in [-0.05, 0) is 41.5 Å². The quantitative estimate of drug-likeness (QED) is 0.722. The van der Waals surface area contributed by atoms with Gasteiger partial charge in [0.1, 0.15) is 11.5 Å². The molecular formula is C15H18O2. The zero-order valence-electron chi connectivity index (χ0n) is 10.4. The fourth-order valence-electron chi connectivity index (χ4n) is 1.75. The van der Waals surface area contributed by atoms with Gasteiger partial charge in [0.05, 0.1) is 13.7 Å². The summed E-state index contributed by atoms with van der Waals surface area (Å²) in [7, 11) is 1.68. The highest BCUT2D eigenvalue weighted by atomic mass is 16.5. The fraction of sp³-hybridized carbons (Fsp3) is 0.333. The van der Waals surface area contributed by atoms with Crippen molar-refractivity contribution in [3.05, 3.63) is 36.4 Å². The van der Waals surface area contributed by atoms with E-state index in [2.05, 4.69) is 25.1 Å². The summed E-state index contributed by atoms with van der Waals surface area (Å²) >= 11 is 0. The van der Waals surface area contributed by atoms with Gasteiger partial charge in [-0.25, -0.2) is 0 Å². The van der Waals surface area contributed by atoms with E-state index < -0.39 is 0 Å². The molecule has 0 aliphatic heterocycles. The van der Waals surface area contributed by atoms with E-state index in [0.717, 1.165) is 36.3 Å². The van der Waals surface area contributed by atoms with Crippen molar-refractivity contribution in [2.75, 3.05) is 13.7 Å². The van der Waals surface area contributed by atoms with Crippen LogP contribution in [0.4, 0.5) is 0 Å². The minimum atomic E-state index is 0.784. The van der Waals surface area contributed by atoms with E-state index in [1.807, 2.05) is 18.2 Å². The Morgan fingerprint density at radius 1 is 0.941 bits per heavy atom. The van der Waals surface area contributed by atoms with Gasteiger partial charge in [-0.3, -0.25) is 0 Å². The van der Waals surface area contributed by atoms with E-state index in [1.165, 1.54) is 5.39 Å². The highest BCUT2D eigenvalue weighted by Gasteiger charge is 1.99. The molecule has 0 N–H and O–H groups in total. The van der Waals surface area contributed by atoms with Gasteiger partial charge in [0, 0.05) is 0 Å². The van der Waals surface area contributed by atoms with Crippen molar-refractivity contribution < 1.29 is 9.47 Å². The molecule has 0 saturated carbocycles. The standard InChI is InChI=1S/C15H18O2/c1-3-4-9-17-15-8-6-12-5-7-14(16-2)10-13(12)11-15/h5-8,10-11H,3-4,9H2,1-2H3. The molecule has 0 aromatic heterocycles. The van der Waals surface area contributed by atoms with Gasteiger partial charge in [-0.2, -0.15) is 0 Å². The van der Waals surface area contributed by atoms with Gasteiger partial charge < -0.3 is 9.47 Å². The summed E-state index contributed by atoms with van der Waals surface area (Å²) in [4.78, 5) is 0. The molecule has 2 heteroatoms. The van der Waals surface area contributed by atoms with Crippen LogP contribution in [0.5, 0.6) is 11.5 Å². The first-order chi connectivity index (χ1) is 8.33. The summed E-state index contributed by atoms with van der Waals surface area (Å²) in [6.45, 7) is 2.95. The Hall–Kier alpha value is -1.70. The van der Waals surface area contributed by atoms with Crippen molar-refractivity contribution in [1.29, 1.82) is 0 Å². The average molecular weight is 230 g/mol. The van der Waals surface area contributed by atoms with E-state index in [1.54, 1.807) is 7.11 Å². The molecule has 0 spiro atoms. The van der Waals surface area contributed by atoms with E-state index >= 15 is 0 Å². The molecule has 0 aliphatic carbocycles. The van der Waals surface area contributed by atoms with Gasteiger partial charge in [0.15, 0.2) is 0 Å². The first-order valence-corrected chi connectivity index (χ1v) is 6.04. The van der Waals surface area contributed by atoms with Gasteiger partial charge in [0.25, 0.3) is 0 Å². The third-order valence-corrected chi connectivity index (χ3v) is 2.79. The number of benzene rings is 2. The Kier molecular flexibility index (Phi) is 3.86. The average Bonchev–Trinajstić information content (AvgIpc) is 2.38. The highest BCUT2D eigenvalue weighted by Crippen LogP contribution is 2.24. The predicted molar refractivity (Wildman–Crippen MR) is 70.9 cm³/mol. The van der Waals surface area contributed by atoms with E-state index in [-0.39, 0.29) is 0 Å². The fourth-order valence-corrected chi connectivity index (χ4v) is 1.75. The largest absolute Gasteiger partial charge is 0.497 e. The van der Waals surface area contributed by atoms with Crippen LogP contribution in [0.3, 0.4) is 0 Å². The molecule has 0 heterocycles. The normalized spacial score (nSPS) is 10.5. The predicted octanol–water partition coefficient (Wildman–Crippen LogP) is 4.03. The van der Waals surface area contributed by atoms with Crippen molar-refractivity contribution in [3.63, 3.8) is 0 Å². The SMILES string of the molecule is CCCCOc1ccc2ccc(OC)cc2c1. The molecule has 0 radical (unpaired) electrons. The number of hydrogen-bond acceptors (Lipinski definition) is 2. The van der Waals surface area contributed by atoms with Crippen LogP contribution < -0.4 is 9.47 Å². The first-order valence-electron chi connectivity index (χ1n) is 6.04. The van der Waals surface area contributed by atoms with E-state index in [0.29, 0.717) is 0 Å². The summed E-state index contributed by atoms with van der Waals surface area (Å²) in [5.74, 6) is 1.81. The lowest BCUT2D eigenvalue weighted by molar-refractivity contribution is 0.310. The summed E-state index contributed by atoms with van der Waals surface area (Å²) in [5, 5.41) is 2.35. The number of fused-ring (bicyclic) bond motifs is 1. The maximum atomic E-state index is 5.69. The third kappa shape index (κ3) is 2.90. The number of hydrogen-bond donors (Lipinski definition) is 0. The molecule has 0 amide bonds. The highest BCUT2D eigenvalue weighted by molar-refractivity contribution is 5.85. The molecule has 0 unspecified atom stereocenters. The second-order valence-electron chi connectivity index (χ2n) is 4.08. The molecule has 0 saturated heterocycles. The van der Waals surface area contributed by atoms with Gasteiger partial charge in [0.2, 0.25) is 0 Å². The maximum absolute atomic E-state index is 5.69. The van der Waals surface area contributed by atoms with Crippen molar-refractivity contribution in [2.45, 2.75) is 19.8 Å². The molecule has 2 nitrogen and oxygen atoms in total. The summed E-state index contributed by atoms with van der Waals surface area (Å²) in [6.07, 6.45) is 2.25. The zero-order valence-corrected chi connectivity index (χ0v) is 10.4. The minimum Gasteiger partial charge on any atom is -0.497 e. The molecule has 90 valence electrons. The number of rotatable bonds is 5. The third-order valence-electron chi connectivity index (χ3n) is 2.79. The molecule has 0 bridgehead atoms. The van der Waals surface area contributed by atoms with Crippen LogP contribution in [-0.2, 0) is 0 Å². The second kappa shape index (κ2) is 5.58. The smallest absolute Gasteiger partial charge is 0.119 e. The maximum Gasteiger partial charge on any atom is 0.119 e. The molecule has 2 aromatic rings. The first kappa shape index (κ1) is 11.8. The van der Waals surface area contributed by atoms with Crippen LogP contribution in [0.25, 0.3) is 10.8 Å². The summed E-state index contributed by atoms with van der Waals surface area (Å²) in [5.41, 5.74) is 0. The van der Waals surface area contributed by atoms with Gasteiger partial charge in [-0.15, -0.1) is 0 Å². The zero-order chi connectivity index (χ0) is 12.1. The van der Waals surface area contributed by atoms with E-state index in [9.17, 15) is 0 Å². The molecule has 17 heavy (non-hydrogen) atoms. The Morgan fingerprint density at radius 2 is 1.65 bits per heavy atom. The van der Waals surface area contributed by atoms with Crippen molar-refractivity contribution >= 4 is 10.8 Å². The van der Waals surface area contributed by atoms with Crippen LogP contribution in [-0.4, -0.2) is 13.7 Å². The number of methoxy groups -OCH3 is 1. The monoisotopic (exact) mass is 230 g/mol. The van der Waals surface area contributed by atoms with Crippen LogP contribution >= 0.6 is 0 Å². The lowest BCUT2D eigenvalue weighted by Crippen LogP contribution is -1.96. The number of ether oxygens (including phenoxy) is 2. The van der Waals surface area contributed by atoms with Gasteiger partial charge >= 0.3 is 0 Å². The van der Waals surface area contributed by atoms with Crippen molar-refractivity contribution in [3.8, 4) is 11.5 Å². The van der Waals surface area contributed by atoms with Crippen LogP contribution in [0.1, 0.15) is 19.8 Å². The Labute approximate surface area is 102 Å². The molecule has 2 aromatic carbocycles. The molecule has 0 atom stereocenters. The molecule has 0 fully saturated rings. The van der Waals surface area contributed by atoms with Crippen LogP contribution in [0.2, 0.25) is 0 Å². The van der Waals surface area contributed by atoms with Crippen molar-refractivity contribution in [1.82, 2.24) is 0 Å². The topological polar surface area (TPSA) is 18.5 Å². The van der Waals surface area contributed by atoms with Crippen molar-refractivity contribution in [2.24, 2.45) is 0 Å². The minimum absolute atomic E-state index is 0.784. The second-order valence-corrected chi connectivity index (χ2v) is 4.08. The van der Waals surface area contributed by atoms with E-state index in [4.69, 9.17) is 9.47 Å².